The summed E-state index contributed by atoms with van der Waals surface area (Å²) in [6, 6.07) is 15.6. The van der Waals surface area contributed by atoms with Crippen molar-refractivity contribution in [2.75, 3.05) is 6.54 Å². The number of nitrogens with one attached hydrogen (secondary N) is 3. The Bertz CT molecular complexity index is 1500. The van der Waals surface area contributed by atoms with Crippen molar-refractivity contribution >= 4 is 34.9 Å². The van der Waals surface area contributed by atoms with E-state index in [-0.39, 0.29) is 47.6 Å². The van der Waals surface area contributed by atoms with Gasteiger partial charge in [-0.1, -0.05) is 25.1 Å². The molecule has 0 radical (unpaired) electrons. The van der Waals surface area contributed by atoms with Crippen LogP contribution in [0.25, 0.3) is 0 Å². The SMILES string of the molecule is C[C@@]12C[C@@H]1N(C(=O)CNC(=O)c1ccc(Oc3ccccc3)cc1)[C@H](C(=O)NC1CCc3c(C(=N)N)csc3C1)C2. The molecule has 0 spiro atoms. The van der Waals surface area contributed by atoms with Gasteiger partial charge in [-0.25, -0.2) is 0 Å². The number of piperidine rings is 1. The van der Waals surface area contributed by atoms with Crippen LogP contribution in [0.2, 0.25) is 0 Å². The van der Waals surface area contributed by atoms with Crippen LogP contribution in [0.4, 0.5) is 0 Å². The van der Waals surface area contributed by atoms with Gasteiger partial charge in [0.05, 0.1) is 6.54 Å². The number of benzene rings is 2. The van der Waals surface area contributed by atoms with Crippen molar-refractivity contribution in [3.63, 3.8) is 0 Å². The van der Waals surface area contributed by atoms with Gasteiger partial charge < -0.3 is 26.0 Å². The highest BCUT2D eigenvalue weighted by Gasteiger charge is 2.64. The maximum absolute atomic E-state index is 13.4. The second kappa shape index (κ2) is 10.7. The van der Waals surface area contributed by atoms with Gasteiger partial charge in [0.25, 0.3) is 5.91 Å². The fourth-order valence-corrected chi connectivity index (χ4v) is 7.35. The average Bonchev–Trinajstić information content (AvgIpc) is 3.29. The minimum Gasteiger partial charge on any atom is -0.457 e. The Balaban J connectivity index is 1.05. The normalized spacial score (nSPS) is 24.1. The van der Waals surface area contributed by atoms with Crippen LogP contribution >= 0.6 is 11.3 Å². The third-order valence-corrected chi connectivity index (χ3v) is 9.56. The molecule has 2 aliphatic carbocycles. The number of nitrogens with two attached hydrogens (primary N) is 1. The molecule has 6 rings (SSSR count). The highest BCUT2D eigenvalue weighted by atomic mass is 32.1. The van der Waals surface area contributed by atoms with Crippen molar-refractivity contribution in [2.24, 2.45) is 11.1 Å². The summed E-state index contributed by atoms with van der Waals surface area (Å²) >= 11 is 1.58. The number of amidine groups is 1. The van der Waals surface area contributed by atoms with Crippen LogP contribution in [0.5, 0.6) is 11.5 Å². The number of rotatable bonds is 8. The number of nitrogen functional groups attached to an aromatic ring is 1. The molecule has 3 aliphatic rings. The molecule has 1 saturated carbocycles. The molecule has 0 bridgehead atoms. The lowest BCUT2D eigenvalue weighted by molar-refractivity contribution is -0.139. The highest BCUT2D eigenvalue weighted by molar-refractivity contribution is 7.10. The van der Waals surface area contributed by atoms with E-state index in [1.807, 2.05) is 35.7 Å². The number of hydrogen-bond donors (Lipinski definition) is 4. The van der Waals surface area contributed by atoms with E-state index in [9.17, 15) is 14.4 Å². The lowest BCUT2D eigenvalue weighted by Gasteiger charge is -2.30. The zero-order valence-electron chi connectivity index (χ0n) is 22.8. The molecule has 1 unspecified atom stereocenters. The van der Waals surface area contributed by atoms with E-state index in [4.69, 9.17) is 15.9 Å². The van der Waals surface area contributed by atoms with Gasteiger partial charge in [-0.2, -0.15) is 0 Å². The molecule has 9 nitrogen and oxygen atoms in total. The molecule has 2 aromatic carbocycles. The lowest BCUT2D eigenvalue weighted by atomic mass is 9.91. The zero-order chi connectivity index (χ0) is 28.7. The van der Waals surface area contributed by atoms with Gasteiger partial charge in [0.1, 0.15) is 23.4 Å². The lowest BCUT2D eigenvalue weighted by Crippen LogP contribution is -2.53. The molecular formula is C31H33N5O4S. The third kappa shape index (κ3) is 5.44. The zero-order valence-corrected chi connectivity index (χ0v) is 23.6. The Hall–Kier alpha value is -4.18. The molecule has 3 amide bonds. The molecule has 212 valence electrons. The summed E-state index contributed by atoms with van der Waals surface area (Å²) < 4.78 is 5.78. The summed E-state index contributed by atoms with van der Waals surface area (Å²) in [5, 5.41) is 15.6. The molecule has 5 N–H and O–H groups in total. The fraction of sp³-hybridized carbons (Fsp3) is 0.355. The standard InChI is InChI=1S/C31H33N5O4S/c1-31-14-24(30(39)35-19-9-12-22-23(28(32)33)17-41-25(22)13-19)36(26(31)15-31)27(37)16-34-29(38)18-7-10-21(11-8-18)40-20-5-3-2-4-6-20/h2-8,10-11,17,19,24,26H,9,12-16H2,1H3,(H3,32,33)(H,34,38)(H,35,39)/t19?,24-,26-,31+/m0/s1. The number of nitrogens with zero attached hydrogens (tertiary/aromatic N) is 1. The Labute approximate surface area is 242 Å². The first kappa shape index (κ1) is 27.0. The second-order valence-electron chi connectivity index (χ2n) is 11.4. The van der Waals surface area contributed by atoms with Gasteiger partial charge in [0.15, 0.2) is 0 Å². The first-order valence-corrected chi connectivity index (χ1v) is 14.8. The van der Waals surface area contributed by atoms with Gasteiger partial charge in [-0.05, 0) is 73.1 Å². The molecule has 2 fully saturated rings. The summed E-state index contributed by atoms with van der Waals surface area (Å²) in [7, 11) is 0. The molecule has 1 aromatic heterocycles. The topological polar surface area (TPSA) is 138 Å². The summed E-state index contributed by atoms with van der Waals surface area (Å²) in [5.41, 5.74) is 8.00. The van der Waals surface area contributed by atoms with E-state index in [1.54, 1.807) is 40.5 Å². The largest absolute Gasteiger partial charge is 0.457 e. The van der Waals surface area contributed by atoms with E-state index in [0.29, 0.717) is 29.9 Å². The maximum atomic E-state index is 13.4. The minimum absolute atomic E-state index is 0.0189. The van der Waals surface area contributed by atoms with Crippen LogP contribution in [0.15, 0.2) is 60.0 Å². The number of amides is 3. The number of fused-ring (bicyclic) bond motifs is 2. The number of likely N-dealkylation sites (tertiary alicyclic amines) is 1. The quantitative estimate of drug-likeness (QED) is 0.242. The van der Waals surface area contributed by atoms with E-state index in [0.717, 1.165) is 35.3 Å². The summed E-state index contributed by atoms with van der Waals surface area (Å²) in [4.78, 5) is 42.4. The Morgan fingerprint density at radius 3 is 2.56 bits per heavy atom. The number of hydrogen-bond acceptors (Lipinski definition) is 6. The molecule has 4 atom stereocenters. The molecule has 10 heteroatoms. The van der Waals surface area contributed by atoms with Crippen molar-refractivity contribution in [3.05, 3.63) is 81.5 Å². The number of carbonyl (C=O) groups excluding carboxylic acids is 3. The number of carbonyl (C=O) groups is 3. The van der Waals surface area contributed by atoms with Crippen LogP contribution in [0.1, 0.15) is 52.5 Å². The molecule has 3 aromatic rings. The van der Waals surface area contributed by atoms with E-state index < -0.39 is 6.04 Å². The Morgan fingerprint density at radius 2 is 1.83 bits per heavy atom. The summed E-state index contributed by atoms with van der Waals surface area (Å²) in [6.45, 7) is 1.94. The molecule has 1 aliphatic heterocycles. The monoisotopic (exact) mass is 571 g/mol. The van der Waals surface area contributed by atoms with Gasteiger partial charge in [0.2, 0.25) is 11.8 Å². The number of ether oxygens (including phenoxy) is 1. The van der Waals surface area contributed by atoms with Crippen molar-refractivity contribution in [2.45, 2.75) is 57.2 Å². The van der Waals surface area contributed by atoms with Crippen molar-refractivity contribution in [3.8, 4) is 11.5 Å². The third-order valence-electron chi connectivity index (χ3n) is 8.51. The summed E-state index contributed by atoms with van der Waals surface area (Å²) in [5.74, 6) is 0.651. The Kier molecular flexibility index (Phi) is 7.03. The smallest absolute Gasteiger partial charge is 0.251 e. The van der Waals surface area contributed by atoms with Gasteiger partial charge >= 0.3 is 0 Å². The minimum atomic E-state index is -0.546. The van der Waals surface area contributed by atoms with Gasteiger partial charge in [-0.15, -0.1) is 11.3 Å². The van der Waals surface area contributed by atoms with Gasteiger partial charge in [0, 0.05) is 39.9 Å². The van der Waals surface area contributed by atoms with E-state index in [2.05, 4.69) is 17.6 Å². The first-order valence-electron chi connectivity index (χ1n) is 13.9. The second-order valence-corrected chi connectivity index (χ2v) is 12.4. The van der Waals surface area contributed by atoms with Crippen molar-refractivity contribution in [1.82, 2.24) is 15.5 Å². The van der Waals surface area contributed by atoms with Crippen LogP contribution in [0.3, 0.4) is 0 Å². The van der Waals surface area contributed by atoms with Crippen molar-refractivity contribution in [1.29, 1.82) is 5.41 Å². The van der Waals surface area contributed by atoms with Crippen LogP contribution in [-0.4, -0.2) is 53.1 Å². The molecule has 41 heavy (non-hydrogen) atoms. The van der Waals surface area contributed by atoms with Crippen LogP contribution in [-0.2, 0) is 22.4 Å². The van der Waals surface area contributed by atoms with E-state index >= 15 is 0 Å². The number of para-hydroxylation sites is 1. The Morgan fingerprint density at radius 1 is 1.10 bits per heavy atom. The highest BCUT2D eigenvalue weighted by Crippen LogP contribution is 2.59. The van der Waals surface area contributed by atoms with E-state index in [1.165, 1.54) is 0 Å². The predicted octanol–water partition coefficient (Wildman–Crippen LogP) is 3.61. The maximum Gasteiger partial charge on any atom is 0.251 e. The van der Waals surface area contributed by atoms with Crippen molar-refractivity contribution < 1.29 is 19.1 Å². The molecular weight excluding hydrogens is 538 g/mol. The average molecular weight is 572 g/mol. The van der Waals surface area contributed by atoms with Crippen LogP contribution in [0, 0.1) is 10.8 Å². The predicted molar refractivity (Wildman–Crippen MR) is 156 cm³/mol. The van der Waals surface area contributed by atoms with Crippen LogP contribution < -0.4 is 21.1 Å². The summed E-state index contributed by atoms with van der Waals surface area (Å²) in [6.07, 6.45) is 3.72. The molecule has 2 heterocycles. The van der Waals surface area contributed by atoms with Gasteiger partial charge in [-0.3, -0.25) is 19.8 Å². The molecule has 1 saturated heterocycles. The first-order chi connectivity index (χ1) is 19.7. The number of thiophene rings is 1. The fourth-order valence-electron chi connectivity index (χ4n) is 6.17.